The summed E-state index contributed by atoms with van der Waals surface area (Å²) in [4.78, 5) is 11.8. The van der Waals surface area contributed by atoms with E-state index in [1.54, 1.807) is 11.3 Å². The second-order valence-electron chi connectivity index (χ2n) is 5.22. The minimum Gasteiger partial charge on any atom is -0.383 e. The maximum Gasteiger partial charge on any atom is 0.136 e. The number of benzene rings is 1. The minimum absolute atomic E-state index is 0.653. The van der Waals surface area contributed by atoms with Gasteiger partial charge in [0.25, 0.3) is 0 Å². The molecule has 0 unspecified atom stereocenters. The number of thiophene rings is 1. The largest absolute Gasteiger partial charge is 0.383 e. The Hall–Kier alpha value is -1.94. The minimum atomic E-state index is 0.653. The summed E-state index contributed by atoms with van der Waals surface area (Å²) in [6.45, 7) is 0. The molecule has 2 aromatic heterocycles. The number of hydrogen-bond acceptors (Lipinski definition) is 4. The van der Waals surface area contributed by atoms with Crippen molar-refractivity contribution >= 4 is 27.4 Å². The molecule has 0 saturated carbocycles. The highest BCUT2D eigenvalue weighted by Gasteiger charge is 2.21. The zero-order valence-corrected chi connectivity index (χ0v) is 11.9. The van der Waals surface area contributed by atoms with Crippen LogP contribution in [0.1, 0.15) is 28.2 Å². The molecule has 100 valence electrons. The number of fused-ring (bicyclic) bond motifs is 3. The Bertz CT molecular complexity index is 777. The topological polar surface area (TPSA) is 51.8 Å². The first-order chi connectivity index (χ1) is 9.81. The Morgan fingerprint density at radius 2 is 1.95 bits per heavy atom. The summed E-state index contributed by atoms with van der Waals surface area (Å²) < 4.78 is 0. The highest BCUT2D eigenvalue weighted by atomic mass is 32.1. The van der Waals surface area contributed by atoms with Gasteiger partial charge in [0, 0.05) is 11.3 Å². The molecular weight excluding hydrogens is 266 g/mol. The number of rotatable bonds is 2. The molecule has 3 aromatic rings. The molecule has 0 atom stereocenters. The van der Waals surface area contributed by atoms with E-state index in [0.717, 1.165) is 28.9 Å². The molecule has 3 nitrogen and oxygen atoms in total. The molecule has 0 radical (unpaired) electrons. The molecule has 1 aliphatic carbocycles. The van der Waals surface area contributed by atoms with E-state index in [-0.39, 0.29) is 0 Å². The third-order valence-electron chi connectivity index (χ3n) is 3.84. The number of aryl methyl sites for hydroxylation is 2. The monoisotopic (exact) mass is 281 g/mol. The molecule has 0 amide bonds. The number of nitrogens with zero attached hydrogens (tertiary/aromatic N) is 2. The Morgan fingerprint density at radius 3 is 2.80 bits per heavy atom. The van der Waals surface area contributed by atoms with Crippen molar-refractivity contribution in [2.45, 2.75) is 25.7 Å². The predicted octanol–water partition coefficient (Wildman–Crippen LogP) is 3.35. The van der Waals surface area contributed by atoms with E-state index >= 15 is 0 Å². The fourth-order valence-corrected chi connectivity index (χ4v) is 4.22. The van der Waals surface area contributed by atoms with E-state index in [9.17, 15) is 0 Å². The van der Waals surface area contributed by atoms with E-state index in [0.29, 0.717) is 5.82 Å². The summed E-state index contributed by atoms with van der Waals surface area (Å²) in [5.74, 6) is 1.47. The number of nitrogen functional groups attached to an aromatic ring is 1. The lowest BCUT2D eigenvalue weighted by atomic mass is 10.1. The van der Waals surface area contributed by atoms with E-state index in [1.165, 1.54) is 28.8 Å². The van der Waals surface area contributed by atoms with Crippen LogP contribution in [0.2, 0.25) is 0 Å². The van der Waals surface area contributed by atoms with Crippen LogP contribution in [0.25, 0.3) is 10.2 Å². The normalized spacial score (nSPS) is 13.8. The van der Waals surface area contributed by atoms with Crippen LogP contribution in [-0.2, 0) is 19.3 Å². The average Bonchev–Trinajstić information content (AvgIpc) is 2.99. The molecule has 0 bridgehead atoms. The standard InChI is InChI=1S/C16H15N3S/c17-15-14-11-7-4-8-12(11)20-16(14)19-13(18-15)9-10-5-2-1-3-6-10/h1-3,5-6H,4,7-9H2,(H2,17,18,19). The molecule has 0 spiro atoms. The van der Waals surface area contributed by atoms with Crippen molar-refractivity contribution in [2.24, 2.45) is 0 Å². The lowest BCUT2D eigenvalue weighted by Gasteiger charge is -2.04. The highest BCUT2D eigenvalue weighted by molar-refractivity contribution is 7.19. The van der Waals surface area contributed by atoms with E-state index < -0.39 is 0 Å². The fraction of sp³-hybridized carbons (Fsp3) is 0.250. The van der Waals surface area contributed by atoms with Crippen molar-refractivity contribution in [3.63, 3.8) is 0 Å². The molecule has 0 aliphatic heterocycles. The molecule has 4 rings (SSSR count). The van der Waals surface area contributed by atoms with Crippen molar-refractivity contribution in [3.8, 4) is 0 Å². The second-order valence-corrected chi connectivity index (χ2v) is 6.31. The summed E-state index contributed by atoms with van der Waals surface area (Å²) in [5.41, 5.74) is 8.80. The lowest BCUT2D eigenvalue weighted by molar-refractivity contribution is 0.916. The van der Waals surface area contributed by atoms with Gasteiger partial charge in [0.1, 0.15) is 16.5 Å². The van der Waals surface area contributed by atoms with Crippen LogP contribution in [0.15, 0.2) is 30.3 Å². The van der Waals surface area contributed by atoms with Gasteiger partial charge >= 0.3 is 0 Å². The van der Waals surface area contributed by atoms with Crippen molar-refractivity contribution in [3.05, 3.63) is 52.2 Å². The maximum atomic E-state index is 6.18. The van der Waals surface area contributed by atoms with Crippen molar-refractivity contribution in [2.75, 3.05) is 5.73 Å². The highest BCUT2D eigenvalue weighted by Crippen LogP contribution is 2.38. The van der Waals surface area contributed by atoms with Crippen LogP contribution in [0, 0.1) is 0 Å². The van der Waals surface area contributed by atoms with Gasteiger partial charge in [-0.25, -0.2) is 9.97 Å². The fourth-order valence-electron chi connectivity index (χ4n) is 2.93. The van der Waals surface area contributed by atoms with Gasteiger partial charge in [-0.2, -0.15) is 0 Å². The quantitative estimate of drug-likeness (QED) is 0.783. The second kappa shape index (κ2) is 4.56. The first-order valence-corrected chi connectivity index (χ1v) is 7.73. The van der Waals surface area contributed by atoms with Crippen LogP contribution >= 0.6 is 11.3 Å². The predicted molar refractivity (Wildman–Crippen MR) is 83.1 cm³/mol. The molecular formula is C16H15N3S. The SMILES string of the molecule is Nc1nc(Cc2ccccc2)nc2sc3c(c12)CCC3. The van der Waals surface area contributed by atoms with Crippen LogP contribution < -0.4 is 5.73 Å². The van der Waals surface area contributed by atoms with Crippen molar-refractivity contribution < 1.29 is 0 Å². The van der Waals surface area contributed by atoms with Gasteiger partial charge in [-0.05, 0) is 30.4 Å². The maximum absolute atomic E-state index is 6.18. The van der Waals surface area contributed by atoms with Crippen LogP contribution in [0.4, 0.5) is 5.82 Å². The van der Waals surface area contributed by atoms with E-state index in [1.807, 2.05) is 18.2 Å². The van der Waals surface area contributed by atoms with Crippen molar-refractivity contribution in [1.82, 2.24) is 9.97 Å². The first kappa shape index (κ1) is 11.9. The molecule has 4 heteroatoms. The number of hydrogen-bond donors (Lipinski definition) is 1. The van der Waals surface area contributed by atoms with Gasteiger partial charge in [-0.1, -0.05) is 30.3 Å². The Balaban J connectivity index is 1.79. The third kappa shape index (κ3) is 1.88. The van der Waals surface area contributed by atoms with E-state index in [2.05, 4.69) is 17.1 Å². The molecule has 0 fully saturated rings. The number of nitrogens with two attached hydrogens (primary N) is 1. The summed E-state index contributed by atoms with van der Waals surface area (Å²) in [6, 6.07) is 10.3. The van der Waals surface area contributed by atoms with Gasteiger partial charge in [0.15, 0.2) is 0 Å². The van der Waals surface area contributed by atoms with Gasteiger partial charge in [0.2, 0.25) is 0 Å². The lowest BCUT2D eigenvalue weighted by Crippen LogP contribution is -2.01. The van der Waals surface area contributed by atoms with Gasteiger partial charge in [-0.15, -0.1) is 11.3 Å². The first-order valence-electron chi connectivity index (χ1n) is 6.92. The zero-order chi connectivity index (χ0) is 13.5. The molecule has 2 N–H and O–H groups in total. The summed E-state index contributed by atoms with van der Waals surface area (Å²) >= 11 is 1.79. The smallest absolute Gasteiger partial charge is 0.136 e. The average molecular weight is 281 g/mol. The molecule has 0 saturated heterocycles. The summed E-state index contributed by atoms with van der Waals surface area (Å²) in [7, 11) is 0. The van der Waals surface area contributed by atoms with Crippen LogP contribution in [-0.4, -0.2) is 9.97 Å². The summed E-state index contributed by atoms with van der Waals surface area (Å²) in [6.07, 6.45) is 4.27. The number of anilines is 1. The Morgan fingerprint density at radius 1 is 1.10 bits per heavy atom. The summed E-state index contributed by atoms with van der Waals surface area (Å²) in [5, 5.41) is 1.11. The van der Waals surface area contributed by atoms with Gasteiger partial charge < -0.3 is 5.73 Å². The van der Waals surface area contributed by atoms with Gasteiger partial charge in [-0.3, -0.25) is 0 Å². The molecule has 1 aliphatic rings. The van der Waals surface area contributed by atoms with Crippen LogP contribution in [0.3, 0.4) is 0 Å². The molecule has 20 heavy (non-hydrogen) atoms. The van der Waals surface area contributed by atoms with Gasteiger partial charge in [0.05, 0.1) is 5.39 Å². The zero-order valence-electron chi connectivity index (χ0n) is 11.1. The molecule has 1 aromatic carbocycles. The Labute approximate surface area is 121 Å². The van der Waals surface area contributed by atoms with E-state index in [4.69, 9.17) is 10.7 Å². The van der Waals surface area contributed by atoms with Crippen molar-refractivity contribution in [1.29, 1.82) is 0 Å². The number of aromatic nitrogens is 2. The Kier molecular flexibility index (Phi) is 2.70. The third-order valence-corrected chi connectivity index (χ3v) is 5.03. The van der Waals surface area contributed by atoms with Crippen LogP contribution in [0.5, 0.6) is 0 Å². The molecule has 2 heterocycles.